The number of Topliss-reactive ketones (excluding diaryl/α,β-unsaturated/α-hetero) is 1. The topological polar surface area (TPSA) is 64.6 Å². The minimum Gasteiger partial charge on any atom is -0.489 e. The minimum atomic E-state index is -0.767. The van der Waals surface area contributed by atoms with E-state index in [0.717, 1.165) is 21.3 Å². The minimum absolute atomic E-state index is 0.183. The number of ether oxygens (including phenoxy) is 2. The summed E-state index contributed by atoms with van der Waals surface area (Å²) >= 11 is 3.38. The van der Waals surface area contributed by atoms with Crippen molar-refractivity contribution < 1.29 is 19.1 Å². The number of carbonyl (C=O) groups excluding carboxylic acids is 2. The Labute approximate surface area is 203 Å². The Morgan fingerprint density at radius 3 is 2.12 bits per heavy atom. The summed E-state index contributed by atoms with van der Waals surface area (Å²) in [5.41, 5.74) is 1.84. The van der Waals surface area contributed by atoms with Gasteiger partial charge in [0.1, 0.15) is 18.0 Å². The van der Waals surface area contributed by atoms with E-state index in [2.05, 4.69) is 21.2 Å². The highest BCUT2D eigenvalue weighted by atomic mass is 79.9. The molecule has 172 valence electrons. The van der Waals surface area contributed by atoms with Crippen LogP contribution >= 0.6 is 15.9 Å². The van der Waals surface area contributed by atoms with Gasteiger partial charge in [0.15, 0.2) is 5.78 Å². The number of ketones is 1. The molecule has 0 aliphatic rings. The molecule has 0 aliphatic heterocycles. The number of halogens is 1. The number of amides is 1. The molecule has 0 spiro atoms. The van der Waals surface area contributed by atoms with Crippen LogP contribution in [0.1, 0.15) is 42.3 Å². The van der Waals surface area contributed by atoms with E-state index in [9.17, 15) is 9.59 Å². The number of carbonyl (C=O) groups is 2. The van der Waals surface area contributed by atoms with Crippen molar-refractivity contribution in [1.29, 1.82) is 0 Å². The van der Waals surface area contributed by atoms with E-state index in [1.54, 1.807) is 45.0 Å². The maximum atomic E-state index is 13.2. The fourth-order valence-corrected chi connectivity index (χ4v) is 3.44. The SMILES string of the molecule is CC(C)(C)OC(=O)N[C@@H](Cc1ccc(OCc2ccccc2)cc1)C(=O)c1ccc(Br)cc1. The largest absolute Gasteiger partial charge is 0.489 e. The summed E-state index contributed by atoms with van der Waals surface area (Å²) in [7, 11) is 0. The Morgan fingerprint density at radius 1 is 0.879 bits per heavy atom. The number of rotatable bonds is 8. The Kier molecular flexibility index (Phi) is 8.28. The quantitative estimate of drug-likeness (QED) is 0.359. The molecule has 0 unspecified atom stereocenters. The molecular formula is C27H28BrNO4. The van der Waals surface area contributed by atoms with Gasteiger partial charge in [-0.1, -0.05) is 70.5 Å². The molecule has 0 aliphatic carbocycles. The second kappa shape index (κ2) is 11.1. The highest BCUT2D eigenvalue weighted by Crippen LogP contribution is 2.18. The average Bonchev–Trinajstić information content (AvgIpc) is 2.77. The smallest absolute Gasteiger partial charge is 0.408 e. The van der Waals surface area contributed by atoms with E-state index in [0.29, 0.717) is 18.6 Å². The van der Waals surface area contributed by atoms with Crippen LogP contribution in [-0.2, 0) is 17.8 Å². The first-order valence-corrected chi connectivity index (χ1v) is 11.5. The van der Waals surface area contributed by atoms with Crippen LogP contribution in [0.4, 0.5) is 4.79 Å². The lowest BCUT2D eigenvalue weighted by Gasteiger charge is -2.23. The van der Waals surface area contributed by atoms with E-state index < -0.39 is 17.7 Å². The third-order valence-electron chi connectivity index (χ3n) is 4.75. The average molecular weight is 510 g/mol. The van der Waals surface area contributed by atoms with E-state index in [-0.39, 0.29) is 5.78 Å². The molecule has 0 radical (unpaired) electrons. The molecule has 1 atom stereocenters. The Morgan fingerprint density at radius 2 is 1.52 bits per heavy atom. The van der Waals surface area contributed by atoms with Crippen LogP contribution in [0.2, 0.25) is 0 Å². The van der Waals surface area contributed by atoms with Gasteiger partial charge in [0, 0.05) is 16.5 Å². The highest BCUT2D eigenvalue weighted by molar-refractivity contribution is 9.10. The van der Waals surface area contributed by atoms with Gasteiger partial charge in [-0.05, 0) is 56.2 Å². The zero-order valence-corrected chi connectivity index (χ0v) is 20.6. The first-order valence-electron chi connectivity index (χ1n) is 10.7. The molecule has 1 amide bonds. The fraction of sp³-hybridized carbons (Fsp3) is 0.259. The normalized spacial score (nSPS) is 12.0. The van der Waals surface area contributed by atoms with Crippen molar-refractivity contribution in [1.82, 2.24) is 5.32 Å². The molecule has 3 aromatic rings. The standard InChI is InChI=1S/C27H28BrNO4/c1-27(2,3)33-26(31)29-24(25(30)21-11-13-22(28)14-12-21)17-19-9-15-23(16-10-19)32-18-20-7-5-4-6-8-20/h4-16,24H,17-18H2,1-3H3,(H,29,31)/t24-/m0/s1. The van der Waals surface area contributed by atoms with Crippen molar-refractivity contribution in [3.63, 3.8) is 0 Å². The zero-order valence-electron chi connectivity index (χ0n) is 19.0. The maximum Gasteiger partial charge on any atom is 0.408 e. The van der Waals surface area contributed by atoms with Crippen LogP contribution in [0, 0.1) is 0 Å². The molecule has 1 N–H and O–H groups in total. The van der Waals surface area contributed by atoms with Gasteiger partial charge in [-0.15, -0.1) is 0 Å². The first-order chi connectivity index (χ1) is 15.7. The lowest BCUT2D eigenvalue weighted by molar-refractivity contribution is 0.0491. The Balaban J connectivity index is 1.70. The maximum absolute atomic E-state index is 13.2. The predicted molar refractivity (Wildman–Crippen MR) is 133 cm³/mol. The molecule has 0 saturated carbocycles. The summed E-state index contributed by atoms with van der Waals surface area (Å²) in [6, 6.07) is 23.8. The van der Waals surface area contributed by atoms with Crippen LogP contribution < -0.4 is 10.1 Å². The summed E-state index contributed by atoms with van der Waals surface area (Å²) < 4.78 is 12.1. The monoisotopic (exact) mass is 509 g/mol. The second-order valence-electron chi connectivity index (χ2n) is 8.69. The van der Waals surface area contributed by atoms with Gasteiger partial charge < -0.3 is 14.8 Å². The van der Waals surface area contributed by atoms with Crippen LogP contribution in [0.15, 0.2) is 83.3 Å². The van der Waals surface area contributed by atoms with Gasteiger partial charge in [-0.2, -0.15) is 0 Å². The number of hydrogen-bond acceptors (Lipinski definition) is 4. The number of nitrogens with one attached hydrogen (secondary N) is 1. The summed E-state index contributed by atoms with van der Waals surface area (Å²) in [5, 5.41) is 2.74. The molecule has 6 heteroatoms. The second-order valence-corrected chi connectivity index (χ2v) is 9.61. The summed E-state index contributed by atoms with van der Waals surface area (Å²) in [4.78, 5) is 25.6. The predicted octanol–water partition coefficient (Wildman–Crippen LogP) is 6.35. The molecule has 3 rings (SSSR count). The molecule has 0 heterocycles. The number of alkyl carbamates (subject to hydrolysis) is 1. The summed E-state index contributed by atoms with van der Waals surface area (Å²) in [6.07, 6.45) is -0.298. The van der Waals surface area contributed by atoms with Gasteiger partial charge in [0.05, 0.1) is 6.04 Å². The van der Waals surface area contributed by atoms with Crippen molar-refractivity contribution in [3.8, 4) is 5.75 Å². The van der Waals surface area contributed by atoms with Crippen LogP contribution in [0.3, 0.4) is 0 Å². The lowest BCUT2D eigenvalue weighted by atomic mass is 9.97. The number of hydrogen-bond donors (Lipinski definition) is 1. The van der Waals surface area contributed by atoms with Crippen LogP contribution in [0.25, 0.3) is 0 Å². The van der Waals surface area contributed by atoms with Gasteiger partial charge in [0.2, 0.25) is 0 Å². The van der Waals surface area contributed by atoms with Gasteiger partial charge in [-0.25, -0.2) is 4.79 Å². The summed E-state index contributed by atoms with van der Waals surface area (Å²) in [6.45, 7) is 5.83. The molecular weight excluding hydrogens is 482 g/mol. The fourth-order valence-electron chi connectivity index (χ4n) is 3.17. The third kappa shape index (κ3) is 8.06. The molecule has 0 bridgehead atoms. The van der Waals surface area contributed by atoms with E-state index in [1.165, 1.54) is 0 Å². The highest BCUT2D eigenvalue weighted by Gasteiger charge is 2.25. The van der Waals surface area contributed by atoms with Gasteiger partial charge in [0.25, 0.3) is 0 Å². The molecule has 0 aromatic heterocycles. The lowest BCUT2D eigenvalue weighted by Crippen LogP contribution is -2.44. The number of benzene rings is 3. The van der Waals surface area contributed by atoms with Crippen molar-refractivity contribution >= 4 is 27.8 Å². The zero-order chi connectivity index (χ0) is 23.8. The van der Waals surface area contributed by atoms with Gasteiger partial charge >= 0.3 is 6.09 Å². The first kappa shape index (κ1) is 24.5. The molecule has 0 saturated heterocycles. The Bertz CT molecular complexity index is 1060. The van der Waals surface area contributed by atoms with E-state index >= 15 is 0 Å². The summed E-state index contributed by atoms with van der Waals surface area (Å²) in [5.74, 6) is 0.552. The van der Waals surface area contributed by atoms with Crippen molar-refractivity contribution in [2.24, 2.45) is 0 Å². The van der Waals surface area contributed by atoms with Gasteiger partial charge in [-0.3, -0.25) is 4.79 Å². The Hall–Kier alpha value is -3.12. The third-order valence-corrected chi connectivity index (χ3v) is 5.28. The molecule has 5 nitrogen and oxygen atoms in total. The van der Waals surface area contributed by atoms with Crippen molar-refractivity contribution in [2.45, 2.75) is 45.4 Å². The van der Waals surface area contributed by atoms with Crippen LogP contribution in [-0.4, -0.2) is 23.5 Å². The van der Waals surface area contributed by atoms with E-state index in [4.69, 9.17) is 9.47 Å². The molecule has 3 aromatic carbocycles. The molecule has 0 fully saturated rings. The van der Waals surface area contributed by atoms with Crippen LogP contribution in [0.5, 0.6) is 5.75 Å². The molecule has 33 heavy (non-hydrogen) atoms. The van der Waals surface area contributed by atoms with Crippen molar-refractivity contribution in [2.75, 3.05) is 0 Å². The van der Waals surface area contributed by atoms with Crippen molar-refractivity contribution in [3.05, 3.63) is 100 Å². The van der Waals surface area contributed by atoms with E-state index in [1.807, 2.05) is 54.6 Å².